The zero-order chi connectivity index (χ0) is 22.2. The van der Waals surface area contributed by atoms with E-state index in [0.717, 1.165) is 39.0 Å². The Morgan fingerprint density at radius 2 is 2.03 bits per heavy atom. The minimum Gasteiger partial charge on any atom is -0.497 e. The summed E-state index contributed by atoms with van der Waals surface area (Å²) in [6.07, 6.45) is 3.85. The van der Waals surface area contributed by atoms with Gasteiger partial charge in [0.25, 0.3) is 5.91 Å². The van der Waals surface area contributed by atoms with Gasteiger partial charge < -0.3 is 19.5 Å². The number of hydrogen-bond acceptors (Lipinski definition) is 6. The predicted molar refractivity (Wildman–Crippen MR) is 119 cm³/mol. The Morgan fingerprint density at radius 1 is 1.26 bits per heavy atom. The van der Waals surface area contributed by atoms with Crippen LogP contribution in [0.2, 0.25) is 0 Å². The van der Waals surface area contributed by atoms with Gasteiger partial charge in [0.1, 0.15) is 17.6 Å². The van der Waals surface area contributed by atoms with Crippen molar-refractivity contribution >= 4 is 5.91 Å². The van der Waals surface area contributed by atoms with E-state index in [1.165, 1.54) is 11.3 Å². The van der Waals surface area contributed by atoms with Crippen LogP contribution >= 0.6 is 0 Å². The van der Waals surface area contributed by atoms with Crippen molar-refractivity contribution in [3.05, 3.63) is 41.2 Å². The number of nitrogens with one attached hydrogen (secondary N) is 1. The van der Waals surface area contributed by atoms with Crippen LogP contribution in [0.15, 0.2) is 24.4 Å². The molecule has 0 atom stereocenters. The van der Waals surface area contributed by atoms with Crippen molar-refractivity contribution in [2.75, 3.05) is 40.5 Å². The van der Waals surface area contributed by atoms with E-state index in [0.29, 0.717) is 30.2 Å². The number of nitrogens with zero attached hydrogens (tertiary/aromatic N) is 3. The van der Waals surface area contributed by atoms with Crippen LogP contribution in [0, 0.1) is 6.92 Å². The van der Waals surface area contributed by atoms with Gasteiger partial charge in [-0.15, -0.1) is 0 Å². The number of carbonyl (C=O) groups is 1. The fourth-order valence-corrected chi connectivity index (χ4v) is 3.84. The Hall–Kier alpha value is -2.58. The fraction of sp³-hybridized carbons (Fsp3) is 0.565. The molecule has 0 unspecified atom stereocenters. The van der Waals surface area contributed by atoms with Gasteiger partial charge >= 0.3 is 0 Å². The third-order valence-corrected chi connectivity index (χ3v) is 5.75. The molecule has 1 saturated heterocycles. The van der Waals surface area contributed by atoms with Gasteiger partial charge in [-0.05, 0) is 38.8 Å². The summed E-state index contributed by atoms with van der Waals surface area (Å²) < 4.78 is 18.7. The number of benzene rings is 1. The summed E-state index contributed by atoms with van der Waals surface area (Å²) in [5, 5.41) is 7.31. The monoisotopic (exact) mass is 430 g/mol. The minimum atomic E-state index is -0.171. The number of amides is 1. The lowest BCUT2D eigenvalue weighted by Crippen LogP contribution is -2.38. The summed E-state index contributed by atoms with van der Waals surface area (Å²) in [6.45, 7) is 8.84. The van der Waals surface area contributed by atoms with Crippen molar-refractivity contribution in [1.29, 1.82) is 0 Å². The van der Waals surface area contributed by atoms with Crippen molar-refractivity contribution in [2.45, 2.75) is 45.9 Å². The molecule has 1 aliphatic rings. The van der Waals surface area contributed by atoms with Gasteiger partial charge in [0.05, 0.1) is 25.5 Å². The van der Waals surface area contributed by atoms with Crippen LogP contribution < -0.4 is 14.8 Å². The number of aromatic nitrogens is 2. The summed E-state index contributed by atoms with van der Waals surface area (Å²) in [5.41, 5.74) is 3.03. The summed E-state index contributed by atoms with van der Waals surface area (Å²) in [6, 6.07) is 5.32. The lowest BCUT2D eigenvalue weighted by Gasteiger charge is -2.32. The fourth-order valence-electron chi connectivity index (χ4n) is 3.84. The summed E-state index contributed by atoms with van der Waals surface area (Å²) in [7, 11) is 3.22. The highest BCUT2D eigenvalue weighted by molar-refractivity contribution is 5.97. The van der Waals surface area contributed by atoms with Gasteiger partial charge in [-0.1, -0.05) is 0 Å². The molecule has 31 heavy (non-hydrogen) atoms. The average molecular weight is 431 g/mol. The standard InChI is InChI=1S/C23H34N4O4/c1-5-27-17(2)18(15-25-27)16-26-11-8-19(9-12-26)31-22-14-20(30-4)6-7-21(22)23(28)24-10-13-29-3/h6-7,14-15,19H,5,8-13,16H2,1-4H3,(H,24,28). The molecule has 0 saturated carbocycles. The lowest BCUT2D eigenvalue weighted by molar-refractivity contribution is 0.0881. The van der Waals surface area contributed by atoms with Crippen LogP contribution in [0.25, 0.3) is 0 Å². The van der Waals surface area contributed by atoms with E-state index in [1.807, 2.05) is 10.9 Å². The number of hydrogen-bond donors (Lipinski definition) is 1. The van der Waals surface area contributed by atoms with Gasteiger partial charge in [0.15, 0.2) is 0 Å². The second kappa shape index (κ2) is 11.2. The molecule has 0 spiro atoms. The van der Waals surface area contributed by atoms with E-state index in [2.05, 4.69) is 29.2 Å². The largest absolute Gasteiger partial charge is 0.497 e. The Kier molecular flexibility index (Phi) is 8.31. The van der Waals surface area contributed by atoms with Crippen LogP contribution in [0.4, 0.5) is 0 Å². The van der Waals surface area contributed by atoms with Gasteiger partial charge in [0, 0.05) is 57.2 Å². The number of ether oxygens (including phenoxy) is 3. The molecule has 170 valence electrons. The molecule has 1 fully saturated rings. The number of aryl methyl sites for hydroxylation is 1. The molecule has 1 aromatic heterocycles. The molecule has 2 aromatic rings. The SMILES string of the molecule is CCn1ncc(CN2CCC(Oc3cc(OC)ccc3C(=O)NCCOC)CC2)c1C. The van der Waals surface area contributed by atoms with Crippen molar-refractivity contribution in [3.8, 4) is 11.5 Å². The number of likely N-dealkylation sites (tertiary alicyclic amines) is 1. The van der Waals surface area contributed by atoms with Crippen molar-refractivity contribution in [2.24, 2.45) is 0 Å². The van der Waals surface area contributed by atoms with E-state index in [4.69, 9.17) is 14.2 Å². The second-order valence-electron chi connectivity index (χ2n) is 7.78. The van der Waals surface area contributed by atoms with Gasteiger partial charge in [-0.2, -0.15) is 5.10 Å². The third-order valence-electron chi connectivity index (χ3n) is 5.75. The third kappa shape index (κ3) is 5.98. The molecule has 2 heterocycles. The zero-order valence-electron chi connectivity index (χ0n) is 19.0. The summed E-state index contributed by atoms with van der Waals surface area (Å²) in [4.78, 5) is 15.0. The Balaban J connectivity index is 1.60. The minimum absolute atomic E-state index is 0.0633. The molecular formula is C23H34N4O4. The Labute approximate surface area is 184 Å². The topological polar surface area (TPSA) is 77.9 Å². The molecular weight excluding hydrogens is 396 g/mol. The first-order valence-electron chi connectivity index (χ1n) is 10.9. The number of carbonyl (C=O) groups excluding carboxylic acids is 1. The van der Waals surface area contributed by atoms with Gasteiger partial charge in [-0.3, -0.25) is 14.4 Å². The van der Waals surface area contributed by atoms with Crippen LogP contribution in [0.3, 0.4) is 0 Å². The van der Waals surface area contributed by atoms with E-state index < -0.39 is 0 Å². The lowest BCUT2D eigenvalue weighted by atomic mass is 10.1. The van der Waals surface area contributed by atoms with Gasteiger partial charge in [-0.25, -0.2) is 0 Å². The van der Waals surface area contributed by atoms with Crippen LogP contribution in [0.1, 0.15) is 41.4 Å². The predicted octanol–water partition coefficient (Wildman–Crippen LogP) is 2.64. The summed E-state index contributed by atoms with van der Waals surface area (Å²) >= 11 is 0. The highest BCUT2D eigenvalue weighted by atomic mass is 16.5. The maximum Gasteiger partial charge on any atom is 0.255 e. The van der Waals surface area contributed by atoms with Crippen LogP contribution in [-0.4, -0.2) is 67.2 Å². The zero-order valence-corrected chi connectivity index (χ0v) is 19.0. The van der Waals surface area contributed by atoms with Crippen molar-refractivity contribution in [1.82, 2.24) is 20.0 Å². The van der Waals surface area contributed by atoms with Crippen molar-refractivity contribution < 1.29 is 19.0 Å². The number of rotatable bonds is 10. The van der Waals surface area contributed by atoms with E-state index in [9.17, 15) is 4.79 Å². The molecule has 1 aliphatic heterocycles. The van der Waals surface area contributed by atoms with E-state index >= 15 is 0 Å². The average Bonchev–Trinajstić information content (AvgIpc) is 3.14. The van der Waals surface area contributed by atoms with E-state index in [1.54, 1.807) is 32.4 Å². The molecule has 8 heteroatoms. The highest BCUT2D eigenvalue weighted by Crippen LogP contribution is 2.28. The maximum absolute atomic E-state index is 12.6. The first-order valence-corrected chi connectivity index (χ1v) is 10.9. The normalized spacial score (nSPS) is 15.1. The molecule has 3 rings (SSSR count). The molecule has 1 aromatic carbocycles. The van der Waals surface area contributed by atoms with Crippen LogP contribution in [-0.2, 0) is 17.8 Å². The maximum atomic E-state index is 12.6. The molecule has 0 aliphatic carbocycles. The highest BCUT2D eigenvalue weighted by Gasteiger charge is 2.24. The first-order chi connectivity index (χ1) is 15.0. The quantitative estimate of drug-likeness (QED) is 0.584. The smallest absolute Gasteiger partial charge is 0.255 e. The molecule has 0 bridgehead atoms. The first kappa shape index (κ1) is 23.1. The Morgan fingerprint density at radius 3 is 2.68 bits per heavy atom. The molecule has 0 radical (unpaired) electrons. The number of methoxy groups -OCH3 is 2. The summed E-state index contributed by atoms with van der Waals surface area (Å²) in [5.74, 6) is 1.06. The molecule has 1 N–H and O–H groups in total. The Bertz CT molecular complexity index is 859. The molecule has 1 amide bonds. The van der Waals surface area contributed by atoms with Crippen molar-refractivity contribution in [3.63, 3.8) is 0 Å². The second-order valence-corrected chi connectivity index (χ2v) is 7.78. The molecule has 8 nitrogen and oxygen atoms in total. The van der Waals surface area contributed by atoms with E-state index in [-0.39, 0.29) is 12.0 Å². The van der Waals surface area contributed by atoms with Crippen LogP contribution in [0.5, 0.6) is 11.5 Å². The van der Waals surface area contributed by atoms with Gasteiger partial charge in [0.2, 0.25) is 0 Å². The number of piperidine rings is 1.